The van der Waals surface area contributed by atoms with E-state index in [4.69, 9.17) is 0 Å². The summed E-state index contributed by atoms with van der Waals surface area (Å²) in [7, 11) is 0. The summed E-state index contributed by atoms with van der Waals surface area (Å²) in [6.07, 6.45) is 6.47. The molecule has 2 heteroatoms. The van der Waals surface area contributed by atoms with Gasteiger partial charge < -0.3 is 0 Å². The molecular weight excluding hydrogens is 418 g/mol. The minimum atomic E-state index is 1.13. The summed E-state index contributed by atoms with van der Waals surface area (Å²) in [5, 5.41) is 2.62. The van der Waals surface area contributed by atoms with Crippen molar-refractivity contribution < 1.29 is 4.58 Å². The third-order valence-corrected chi connectivity index (χ3v) is 7.54. The van der Waals surface area contributed by atoms with Crippen molar-refractivity contribution in [2.45, 2.75) is 6.92 Å². The zero-order valence-electron chi connectivity index (χ0n) is 18.5. The molecule has 0 aliphatic carbocycles. The SMILES string of the molecule is C=[N+]1C=CC(c2ccccc2)=C[C-]1c1c(C)ccc2c1[s+][c-]1cc(-c3ccccc3)ccc21. The van der Waals surface area contributed by atoms with Gasteiger partial charge in [0.25, 0.3) is 0 Å². The third-order valence-electron chi connectivity index (χ3n) is 6.36. The van der Waals surface area contributed by atoms with Crippen molar-refractivity contribution in [1.82, 2.24) is 0 Å². The summed E-state index contributed by atoms with van der Waals surface area (Å²) in [5.74, 6) is 0. The van der Waals surface area contributed by atoms with E-state index < -0.39 is 0 Å². The Hall–Kier alpha value is -3.88. The van der Waals surface area contributed by atoms with Crippen LogP contribution in [0, 0.1) is 13.0 Å². The predicted molar refractivity (Wildman–Crippen MR) is 143 cm³/mol. The van der Waals surface area contributed by atoms with Crippen LogP contribution in [0.1, 0.15) is 16.7 Å². The van der Waals surface area contributed by atoms with Gasteiger partial charge in [0.05, 0.1) is 6.72 Å². The first kappa shape index (κ1) is 19.8. The van der Waals surface area contributed by atoms with Crippen LogP contribution in [0.25, 0.3) is 36.9 Å². The van der Waals surface area contributed by atoms with Gasteiger partial charge in [-0.25, -0.2) is 0 Å². The molecule has 0 bridgehead atoms. The van der Waals surface area contributed by atoms with Crippen LogP contribution >= 0.6 is 11.3 Å². The Labute approximate surface area is 198 Å². The molecule has 1 aliphatic rings. The number of allylic oxidation sites excluding steroid dienone is 2. The largest absolute Gasteiger partial charge is 0.255 e. The van der Waals surface area contributed by atoms with Crippen LogP contribution in [-0.2, 0) is 0 Å². The zero-order chi connectivity index (χ0) is 22.4. The van der Waals surface area contributed by atoms with Crippen molar-refractivity contribution in [2.24, 2.45) is 0 Å². The average molecular weight is 442 g/mol. The van der Waals surface area contributed by atoms with Crippen molar-refractivity contribution in [2.75, 3.05) is 0 Å². The molecule has 4 aromatic carbocycles. The molecule has 33 heavy (non-hydrogen) atoms. The number of nitrogens with zero attached hydrogens (tertiary/aromatic N) is 1. The zero-order valence-corrected chi connectivity index (χ0v) is 19.3. The molecule has 0 fully saturated rings. The van der Waals surface area contributed by atoms with Crippen LogP contribution < -0.4 is 0 Å². The summed E-state index contributed by atoms with van der Waals surface area (Å²) in [4.78, 5) is 0. The summed E-state index contributed by atoms with van der Waals surface area (Å²) in [6.45, 7) is 6.51. The van der Waals surface area contributed by atoms with Gasteiger partial charge in [0, 0.05) is 5.56 Å². The van der Waals surface area contributed by atoms with E-state index in [1.54, 1.807) is 0 Å². The van der Waals surface area contributed by atoms with Crippen LogP contribution in [0.5, 0.6) is 0 Å². The minimum absolute atomic E-state index is 1.13. The standard InChI is InChI=1S/C31H23NS/c1-21-13-15-27-26-16-14-24(22-9-5-3-6-10-22)20-29(26)33-31(27)30(21)28-19-25(17-18-32(28)2)23-11-7-4-8-12-23/h3-20H,2H2,1H3. The molecule has 5 aromatic rings. The molecule has 1 aliphatic heterocycles. The van der Waals surface area contributed by atoms with Crippen molar-refractivity contribution >= 4 is 43.8 Å². The topological polar surface area (TPSA) is 3.01 Å². The first-order chi connectivity index (χ1) is 16.2. The Balaban J connectivity index is 1.53. The Kier molecular flexibility index (Phi) is 4.74. The number of hydrogen-bond acceptors (Lipinski definition) is 0. The predicted octanol–water partition coefficient (Wildman–Crippen LogP) is 8.23. The van der Waals surface area contributed by atoms with Crippen LogP contribution in [0.2, 0.25) is 0 Å². The highest BCUT2D eigenvalue weighted by atomic mass is 32.1. The summed E-state index contributed by atoms with van der Waals surface area (Å²) in [5.41, 5.74) is 7.45. The maximum atomic E-state index is 4.31. The van der Waals surface area contributed by atoms with E-state index in [0.29, 0.717) is 0 Å². The number of fused-ring (bicyclic) bond motifs is 3. The Morgan fingerprint density at radius 1 is 0.788 bits per heavy atom. The molecule has 1 nitrogen and oxygen atoms in total. The molecule has 0 N–H and O–H groups in total. The monoisotopic (exact) mass is 441 g/mol. The maximum absolute atomic E-state index is 4.31. The van der Waals surface area contributed by atoms with Gasteiger partial charge in [0.2, 0.25) is 0 Å². The van der Waals surface area contributed by atoms with E-state index >= 15 is 0 Å². The quantitative estimate of drug-likeness (QED) is 0.151. The van der Waals surface area contributed by atoms with Gasteiger partial charge in [-0.05, 0) is 23.1 Å². The van der Waals surface area contributed by atoms with Gasteiger partial charge in [-0.2, -0.15) is 0 Å². The molecule has 2 heterocycles. The molecule has 0 saturated heterocycles. The fourth-order valence-corrected chi connectivity index (χ4v) is 5.97. The lowest BCUT2D eigenvalue weighted by molar-refractivity contribution is -0.417. The molecule has 0 saturated carbocycles. The second-order valence-corrected chi connectivity index (χ2v) is 9.50. The van der Waals surface area contributed by atoms with Crippen molar-refractivity contribution in [3.05, 3.63) is 132 Å². The van der Waals surface area contributed by atoms with Crippen LogP contribution in [0.3, 0.4) is 0 Å². The number of hydrogen-bond donors (Lipinski definition) is 0. The van der Waals surface area contributed by atoms with Gasteiger partial charge in [-0.15, -0.1) is 12.1 Å². The van der Waals surface area contributed by atoms with Gasteiger partial charge in [0.15, 0.2) is 15.4 Å². The van der Waals surface area contributed by atoms with Gasteiger partial charge in [-0.3, -0.25) is 4.58 Å². The summed E-state index contributed by atoms with van der Waals surface area (Å²) < 4.78 is 4.62. The second-order valence-electron chi connectivity index (χ2n) is 8.45. The second kappa shape index (κ2) is 7.91. The van der Waals surface area contributed by atoms with E-state index in [2.05, 4.69) is 123 Å². The normalized spacial score (nSPS) is 13.7. The van der Waals surface area contributed by atoms with E-state index in [-0.39, 0.29) is 0 Å². The first-order valence-electron chi connectivity index (χ1n) is 11.1. The van der Waals surface area contributed by atoms with Gasteiger partial charge >= 0.3 is 0 Å². The highest BCUT2D eigenvalue weighted by Gasteiger charge is 2.25. The van der Waals surface area contributed by atoms with Crippen LogP contribution in [0.15, 0.2) is 109 Å². The lowest BCUT2D eigenvalue weighted by Gasteiger charge is -2.21. The highest BCUT2D eigenvalue weighted by Crippen LogP contribution is 2.42. The summed E-state index contributed by atoms with van der Waals surface area (Å²) >= 11 is 1.88. The molecule has 158 valence electrons. The molecule has 0 radical (unpaired) electrons. The fourth-order valence-electron chi connectivity index (χ4n) is 4.62. The van der Waals surface area contributed by atoms with Gasteiger partial charge in [0.1, 0.15) is 17.5 Å². The lowest BCUT2D eigenvalue weighted by Crippen LogP contribution is -2.15. The third kappa shape index (κ3) is 3.40. The molecule has 0 spiro atoms. The molecule has 0 amide bonds. The Morgan fingerprint density at radius 3 is 2.27 bits per heavy atom. The molecule has 0 unspecified atom stereocenters. The van der Waals surface area contributed by atoms with Crippen molar-refractivity contribution in [1.29, 1.82) is 0 Å². The molecule has 6 rings (SSSR count). The average Bonchev–Trinajstić information content (AvgIpc) is 3.23. The molecule has 0 atom stereocenters. The number of benzene rings is 4. The number of aryl methyl sites for hydroxylation is 1. The highest BCUT2D eigenvalue weighted by molar-refractivity contribution is 7.26. The first-order valence-corrected chi connectivity index (χ1v) is 11.9. The number of rotatable bonds is 3. The minimum Gasteiger partial charge on any atom is -0.255 e. The smallest absolute Gasteiger partial charge is 0.159 e. The Bertz CT molecular complexity index is 1570. The van der Waals surface area contributed by atoms with E-state index in [9.17, 15) is 0 Å². The molecular formula is C31H23NS. The van der Waals surface area contributed by atoms with Crippen LogP contribution in [0.4, 0.5) is 0 Å². The number of thiophene rings is 1. The summed E-state index contributed by atoms with van der Waals surface area (Å²) in [6, 6.07) is 33.6. The van der Waals surface area contributed by atoms with E-state index in [1.165, 1.54) is 53.6 Å². The Morgan fingerprint density at radius 2 is 1.52 bits per heavy atom. The lowest BCUT2D eigenvalue weighted by atomic mass is 9.93. The van der Waals surface area contributed by atoms with Crippen LogP contribution in [-0.4, -0.2) is 11.3 Å². The van der Waals surface area contributed by atoms with Crippen molar-refractivity contribution in [3.63, 3.8) is 0 Å². The van der Waals surface area contributed by atoms with E-state index in [0.717, 1.165) is 6.04 Å². The van der Waals surface area contributed by atoms with Crippen molar-refractivity contribution in [3.8, 4) is 11.1 Å². The fraction of sp³-hybridized carbons (Fsp3) is 0.0323. The molecule has 1 aromatic heterocycles. The van der Waals surface area contributed by atoms with Gasteiger partial charge in [-0.1, -0.05) is 113 Å². The van der Waals surface area contributed by atoms with E-state index in [1.807, 2.05) is 15.9 Å². The maximum Gasteiger partial charge on any atom is 0.159 e.